The molecule has 0 spiro atoms. The zero-order chi connectivity index (χ0) is 20.1. The van der Waals surface area contributed by atoms with Gasteiger partial charge in [0.1, 0.15) is 5.75 Å². The molecule has 1 heterocycles. The zero-order valence-electron chi connectivity index (χ0n) is 15.7. The van der Waals surface area contributed by atoms with Gasteiger partial charge >= 0.3 is 0 Å². The van der Waals surface area contributed by atoms with Crippen LogP contribution in [0.3, 0.4) is 0 Å². The van der Waals surface area contributed by atoms with Crippen LogP contribution < -0.4 is 9.04 Å². The molecule has 28 heavy (non-hydrogen) atoms. The molecule has 1 fully saturated rings. The number of hydrogen-bond donors (Lipinski definition) is 0. The Hall–Kier alpha value is -2.25. The van der Waals surface area contributed by atoms with E-state index in [-0.39, 0.29) is 19.1 Å². The Bertz CT molecular complexity index is 925. The third kappa shape index (κ3) is 5.17. The van der Waals surface area contributed by atoms with Gasteiger partial charge in [-0.05, 0) is 48.7 Å². The predicted octanol–water partition coefficient (Wildman–Crippen LogP) is 3.31. The van der Waals surface area contributed by atoms with Gasteiger partial charge in [-0.3, -0.25) is 9.10 Å². The number of carbonyl (C=O) groups excluding carboxylic acids is 1. The highest BCUT2D eigenvalue weighted by Gasteiger charge is 2.20. The van der Waals surface area contributed by atoms with E-state index in [0.29, 0.717) is 22.0 Å². The molecular formula is C20H23ClN2O4S. The maximum absolute atomic E-state index is 12.3. The molecule has 0 N–H and O–H groups in total. The lowest BCUT2D eigenvalue weighted by atomic mass is 10.2. The Kier molecular flexibility index (Phi) is 6.46. The highest BCUT2D eigenvalue weighted by Crippen LogP contribution is 2.26. The number of likely N-dealkylation sites (tertiary alicyclic amines) is 1. The molecule has 2 aromatic rings. The quantitative estimate of drug-likeness (QED) is 0.686. The molecule has 6 nitrogen and oxygen atoms in total. The normalized spacial score (nSPS) is 14.1. The molecule has 1 amide bonds. The second-order valence-electron chi connectivity index (χ2n) is 6.73. The van der Waals surface area contributed by atoms with Crippen molar-refractivity contribution >= 4 is 33.2 Å². The van der Waals surface area contributed by atoms with Crippen molar-refractivity contribution in [1.82, 2.24) is 4.90 Å². The van der Waals surface area contributed by atoms with Crippen LogP contribution >= 0.6 is 11.6 Å². The summed E-state index contributed by atoms with van der Waals surface area (Å²) in [5.41, 5.74) is 1.21. The topological polar surface area (TPSA) is 66.9 Å². The van der Waals surface area contributed by atoms with E-state index in [1.54, 1.807) is 47.4 Å². The number of amides is 1. The lowest BCUT2D eigenvalue weighted by Crippen LogP contribution is -2.32. The van der Waals surface area contributed by atoms with E-state index in [0.717, 1.165) is 32.2 Å². The van der Waals surface area contributed by atoms with Crippen molar-refractivity contribution in [1.29, 1.82) is 0 Å². The standard InChI is InChI=1S/C20H23ClN2O4S/c1-28(25,26)23(14-16-6-2-3-7-19(16)21)17-8-10-18(11-9-17)27-15-20(24)22-12-4-5-13-22/h2-3,6-11H,4-5,12-15H2,1H3. The lowest BCUT2D eigenvalue weighted by Gasteiger charge is -2.23. The van der Waals surface area contributed by atoms with Crippen LogP contribution in [0, 0.1) is 0 Å². The SMILES string of the molecule is CS(=O)(=O)N(Cc1ccccc1Cl)c1ccc(OCC(=O)N2CCCC2)cc1. The summed E-state index contributed by atoms with van der Waals surface area (Å²) >= 11 is 6.18. The average molecular weight is 423 g/mol. The van der Waals surface area contributed by atoms with E-state index in [1.165, 1.54) is 4.31 Å². The first-order valence-corrected chi connectivity index (χ1v) is 11.3. The van der Waals surface area contributed by atoms with Crippen LogP contribution in [-0.2, 0) is 21.4 Å². The fraction of sp³-hybridized carbons (Fsp3) is 0.350. The molecule has 1 aliphatic rings. The molecule has 1 saturated heterocycles. The molecule has 1 aliphatic heterocycles. The van der Waals surface area contributed by atoms with Crippen molar-refractivity contribution in [3.63, 3.8) is 0 Å². The summed E-state index contributed by atoms with van der Waals surface area (Å²) in [6.45, 7) is 1.68. The Morgan fingerprint density at radius 2 is 1.75 bits per heavy atom. The number of halogens is 1. The van der Waals surface area contributed by atoms with Gasteiger partial charge in [0.05, 0.1) is 18.5 Å². The lowest BCUT2D eigenvalue weighted by molar-refractivity contribution is -0.132. The maximum Gasteiger partial charge on any atom is 0.260 e. The number of benzene rings is 2. The monoisotopic (exact) mass is 422 g/mol. The summed E-state index contributed by atoms with van der Waals surface area (Å²) in [5.74, 6) is 0.487. The average Bonchev–Trinajstić information content (AvgIpc) is 3.20. The molecule has 0 bridgehead atoms. The Labute approximate surface area is 170 Å². The maximum atomic E-state index is 12.3. The van der Waals surface area contributed by atoms with E-state index in [9.17, 15) is 13.2 Å². The van der Waals surface area contributed by atoms with Gasteiger partial charge in [-0.1, -0.05) is 29.8 Å². The van der Waals surface area contributed by atoms with Crippen molar-refractivity contribution < 1.29 is 17.9 Å². The summed E-state index contributed by atoms with van der Waals surface area (Å²) < 4.78 is 31.4. The first kappa shape index (κ1) is 20.5. The van der Waals surface area contributed by atoms with Crippen molar-refractivity contribution in [2.45, 2.75) is 19.4 Å². The number of nitrogens with zero attached hydrogens (tertiary/aromatic N) is 2. The molecule has 3 rings (SSSR count). The van der Waals surface area contributed by atoms with Crippen LogP contribution in [0.25, 0.3) is 0 Å². The van der Waals surface area contributed by atoms with E-state index in [2.05, 4.69) is 0 Å². The van der Waals surface area contributed by atoms with Crippen LogP contribution in [0.4, 0.5) is 5.69 Å². The van der Waals surface area contributed by atoms with Gasteiger partial charge in [-0.25, -0.2) is 8.42 Å². The zero-order valence-corrected chi connectivity index (χ0v) is 17.2. The minimum absolute atomic E-state index is 0.0191. The van der Waals surface area contributed by atoms with Crippen LogP contribution in [0.1, 0.15) is 18.4 Å². The number of ether oxygens (including phenoxy) is 1. The summed E-state index contributed by atoms with van der Waals surface area (Å²) in [7, 11) is -3.51. The smallest absolute Gasteiger partial charge is 0.260 e. The van der Waals surface area contributed by atoms with E-state index >= 15 is 0 Å². The predicted molar refractivity (Wildman–Crippen MR) is 110 cm³/mol. The Morgan fingerprint density at radius 3 is 2.36 bits per heavy atom. The molecule has 150 valence electrons. The third-order valence-electron chi connectivity index (χ3n) is 4.62. The van der Waals surface area contributed by atoms with Gasteiger partial charge < -0.3 is 9.64 Å². The van der Waals surface area contributed by atoms with Crippen molar-refractivity contribution in [2.24, 2.45) is 0 Å². The Morgan fingerprint density at radius 1 is 1.11 bits per heavy atom. The van der Waals surface area contributed by atoms with E-state index in [1.807, 2.05) is 6.07 Å². The van der Waals surface area contributed by atoms with Crippen molar-refractivity contribution in [3.05, 3.63) is 59.1 Å². The molecule has 0 atom stereocenters. The Balaban J connectivity index is 1.70. The van der Waals surface area contributed by atoms with Gasteiger partial charge in [0.2, 0.25) is 10.0 Å². The summed E-state index contributed by atoms with van der Waals surface area (Å²) in [6, 6.07) is 13.8. The fourth-order valence-electron chi connectivity index (χ4n) is 3.09. The summed E-state index contributed by atoms with van der Waals surface area (Å²) in [4.78, 5) is 13.9. The first-order chi connectivity index (χ1) is 13.3. The number of anilines is 1. The molecule has 0 aromatic heterocycles. The minimum Gasteiger partial charge on any atom is -0.484 e. The fourth-order valence-corrected chi connectivity index (χ4v) is 4.17. The van der Waals surface area contributed by atoms with Crippen molar-refractivity contribution in [3.8, 4) is 5.75 Å². The van der Waals surface area contributed by atoms with E-state index in [4.69, 9.17) is 16.3 Å². The first-order valence-electron chi connectivity index (χ1n) is 9.06. The van der Waals surface area contributed by atoms with Gasteiger partial charge in [-0.2, -0.15) is 0 Å². The van der Waals surface area contributed by atoms with Gasteiger partial charge in [0, 0.05) is 18.1 Å². The van der Waals surface area contributed by atoms with Crippen LogP contribution in [0.2, 0.25) is 5.02 Å². The highest BCUT2D eigenvalue weighted by atomic mass is 35.5. The van der Waals surface area contributed by atoms with Gasteiger partial charge in [0.15, 0.2) is 6.61 Å². The number of sulfonamides is 1. The minimum atomic E-state index is -3.51. The molecule has 0 unspecified atom stereocenters. The van der Waals surface area contributed by atoms with Gasteiger partial charge in [0.25, 0.3) is 5.91 Å². The summed E-state index contributed by atoms with van der Waals surface area (Å²) in [5, 5.41) is 0.511. The second kappa shape index (κ2) is 8.84. The number of rotatable bonds is 7. The molecule has 8 heteroatoms. The molecule has 0 aliphatic carbocycles. The third-order valence-corrected chi connectivity index (χ3v) is 6.13. The second-order valence-corrected chi connectivity index (χ2v) is 9.05. The molecule has 2 aromatic carbocycles. The van der Waals surface area contributed by atoms with Crippen molar-refractivity contribution in [2.75, 3.05) is 30.3 Å². The number of carbonyl (C=O) groups is 1. The van der Waals surface area contributed by atoms with Crippen LogP contribution in [0.5, 0.6) is 5.75 Å². The van der Waals surface area contributed by atoms with Crippen LogP contribution in [0.15, 0.2) is 48.5 Å². The van der Waals surface area contributed by atoms with Crippen LogP contribution in [-0.4, -0.2) is 45.2 Å². The molecule has 0 saturated carbocycles. The number of hydrogen-bond acceptors (Lipinski definition) is 4. The summed E-state index contributed by atoms with van der Waals surface area (Å²) in [6.07, 6.45) is 3.23. The van der Waals surface area contributed by atoms with E-state index < -0.39 is 10.0 Å². The highest BCUT2D eigenvalue weighted by molar-refractivity contribution is 7.92. The van der Waals surface area contributed by atoms with Gasteiger partial charge in [-0.15, -0.1) is 0 Å². The largest absolute Gasteiger partial charge is 0.484 e. The molecule has 0 radical (unpaired) electrons. The molecular weight excluding hydrogens is 400 g/mol.